The van der Waals surface area contributed by atoms with E-state index in [4.69, 9.17) is 0 Å². The number of amides is 2. The van der Waals surface area contributed by atoms with Gasteiger partial charge in [-0.15, -0.1) is 0 Å². The van der Waals surface area contributed by atoms with Crippen LogP contribution in [0.3, 0.4) is 0 Å². The molecular weight excluding hydrogens is 367 g/mol. The lowest BCUT2D eigenvalue weighted by Gasteiger charge is -2.12. The Kier molecular flexibility index (Phi) is 3.96. The second kappa shape index (κ2) is 5.92. The lowest BCUT2D eigenvalue weighted by Crippen LogP contribution is -2.35. The fourth-order valence-electron chi connectivity index (χ4n) is 2.25. The first-order valence-electron chi connectivity index (χ1n) is 6.58. The SMILES string of the molecule is COC(=O)N1C(=O)C(=Nc2ccc(F)cc2)c2cc(Br)ccc21. The first-order chi connectivity index (χ1) is 11.0. The molecule has 0 saturated carbocycles. The number of hydrogen-bond acceptors (Lipinski definition) is 4. The Morgan fingerprint density at radius 1 is 1.22 bits per heavy atom. The van der Waals surface area contributed by atoms with Gasteiger partial charge in [0.05, 0.1) is 18.5 Å². The van der Waals surface area contributed by atoms with E-state index in [9.17, 15) is 14.0 Å². The summed E-state index contributed by atoms with van der Waals surface area (Å²) in [5.74, 6) is -0.986. The highest BCUT2D eigenvalue weighted by Crippen LogP contribution is 2.33. The van der Waals surface area contributed by atoms with Crippen LogP contribution >= 0.6 is 15.9 Å². The number of halogens is 2. The van der Waals surface area contributed by atoms with Gasteiger partial charge in [-0.25, -0.2) is 19.1 Å². The number of carbonyl (C=O) groups is 2. The topological polar surface area (TPSA) is 59.0 Å². The molecule has 1 aliphatic heterocycles. The number of methoxy groups -OCH3 is 1. The number of benzene rings is 2. The van der Waals surface area contributed by atoms with Crippen LogP contribution < -0.4 is 4.90 Å². The Bertz CT molecular complexity index is 834. The van der Waals surface area contributed by atoms with E-state index in [1.165, 1.54) is 31.4 Å². The highest BCUT2D eigenvalue weighted by molar-refractivity contribution is 9.10. The first kappa shape index (κ1) is 15.4. The molecule has 0 fully saturated rings. The summed E-state index contributed by atoms with van der Waals surface area (Å²) in [5, 5.41) is 0. The van der Waals surface area contributed by atoms with Crippen LogP contribution in [0.25, 0.3) is 0 Å². The Labute approximate surface area is 139 Å². The maximum absolute atomic E-state index is 13.0. The Morgan fingerprint density at radius 3 is 2.57 bits per heavy atom. The number of ether oxygens (including phenoxy) is 1. The molecule has 0 saturated heterocycles. The Balaban J connectivity index is 2.14. The molecule has 2 aromatic carbocycles. The number of nitrogens with zero attached hydrogens (tertiary/aromatic N) is 2. The highest BCUT2D eigenvalue weighted by atomic mass is 79.9. The van der Waals surface area contributed by atoms with Crippen molar-refractivity contribution >= 4 is 45.0 Å². The third-order valence-electron chi connectivity index (χ3n) is 3.29. The predicted octanol–water partition coefficient (Wildman–Crippen LogP) is 3.82. The van der Waals surface area contributed by atoms with Gasteiger partial charge in [-0.05, 0) is 42.5 Å². The summed E-state index contributed by atoms with van der Waals surface area (Å²) in [7, 11) is 1.20. The van der Waals surface area contributed by atoms with E-state index >= 15 is 0 Å². The second-order valence-corrected chi connectivity index (χ2v) is 5.62. The van der Waals surface area contributed by atoms with Gasteiger partial charge in [-0.3, -0.25) is 4.79 Å². The van der Waals surface area contributed by atoms with Crippen LogP contribution in [-0.4, -0.2) is 24.8 Å². The lowest BCUT2D eigenvalue weighted by atomic mass is 10.1. The summed E-state index contributed by atoms with van der Waals surface area (Å²) in [5.41, 5.74) is 1.40. The van der Waals surface area contributed by atoms with Gasteiger partial charge >= 0.3 is 6.09 Å². The molecule has 1 aliphatic rings. The molecule has 0 bridgehead atoms. The Hall–Kier alpha value is -2.54. The van der Waals surface area contributed by atoms with Crippen LogP contribution in [0.2, 0.25) is 0 Å². The number of carbonyl (C=O) groups excluding carboxylic acids is 2. The van der Waals surface area contributed by atoms with Gasteiger partial charge in [0, 0.05) is 10.0 Å². The van der Waals surface area contributed by atoms with Crippen molar-refractivity contribution in [3.05, 3.63) is 58.3 Å². The maximum atomic E-state index is 13.0. The van der Waals surface area contributed by atoms with Crippen molar-refractivity contribution < 1.29 is 18.7 Å². The normalized spacial score (nSPS) is 15.0. The van der Waals surface area contributed by atoms with Crippen molar-refractivity contribution in [3.8, 4) is 0 Å². The fourth-order valence-corrected chi connectivity index (χ4v) is 2.61. The zero-order chi connectivity index (χ0) is 16.6. The van der Waals surface area contributed by atoms with Gasteiger partial charge in [-0.1, -0.05) is 15.9 Å². The number of rotatable bonds is 1. The molecule has 0 atom stereocenters. The third kappa shape index (κ3) is 2.75. The van der Waals surface area contributed by atoms with Gasteiger partial charge in [-0.2, -0.15) is 0 Å². The second-order valence-electron chi connectivity index (χ2n) is 4.71. The lowest BCUT2D eigenvalue weighted by molar-refractivity contribution is -0.111. The summed E-state index contributed by atoms with van der Waals surface area (Å²) in [6.07, 6.45) is -0.789. The zero-order valence-electron chi connectivity index (χ0n) is 11.9. The molecule has 0 radical (unpaired) electrons. The monoisotopic (exact) mass is 376 g/mol. The number of anilines is 1. The number of imide groups is 1. The van der Waals surface area contributed by atoms with Crippen molar-refractivity contribution in [2.75, 3.05) is 12.0 Å². The van der Waals surface area contributed by atoms with E-state index in [1.807, 2.05) is 0 Å². The van der Waals surface area contributed by atoms with E-state index in [0.717, 1.165) is 9.37 Å². The van der Waals surface area contributed by atoms with Gasteiger partial charge in [0.15, 0.2) is 0 Å². The van der Waals surface area contributed by atoms with Crippen LogP contribution in [0.1, 0.15) is 5.56 Å². The molecule has 0 aromatic heterocycles. The molecule has 2 amide bonds. The average Bonchev–Trinajstić information content (AvgIpc) is 2.81. The van der Waals surface area contributed by atoms with E-state index in [2.05, 4.69) is 25.7 Å². The third-order valence-corrected chi connectivity index (χ3v) is 3.78. The minimum atomic E-state index is -0.789. The van der Waals surface area contributed by atoms with Gasteiger partial charge in [0.25, 0.3) is 5.91 Å². The molecule has 1 heterocycles. The van der Waals surface area contributed by atoms with E-state index in [1.54, 1.807) is 18.2 Å². The van der Waals surface area contributed by atoms with E-state index in [0.29, 0.717) is 16.9 Å². The minimum absolute atomic E-state index is 0.0957. The number of aliphatic imine (C=N–C) groups is 1. The fraction of sp³-hybridized carbons (Fsp3) is 0.0625. The highest BCUT2D eigenvalue weighted by Gasteiger charge is 2.39. The Morgan fingerprint density at radius 2 is 1.91 bits per heavy atom. The standard InChI is InChI=1S/C16H10BrFN2O3/c1-23-16(22)20-13-7-2-9(17)8-12(13)14(15(20)21)19-11-5-3-10(18)4-6-11/h2-8H,1H3. The molecule has 7 heteroatoms. The van der Waals surface area contributed by atoms with Gasteiger partial charge in [0.2, 0.25) is 0 Å². The van der Waals surface area contributed by atoms with Crippen LogP contribution in [0.5, 0.6) is 0 Å². The predicted molar refractivity (Wildman–Crippen MR) is 86.6 cm³/mol. The molecule has 3 rings (SSSR count). The largest absolute Gasteiger partial charge is 0.452 e. The average molecular weight is 377 g/mol. The van der Waals surface area contributed by atoms with E-state index < -0.39 is 17.8 Å². The molecule has 0 aliphatic carbocycles. The van der Waals surface area contributed by atoms with Gasteiger partial charge < -0.3 is 4.74 Å². The smallest absolute Gasteiger partial charge is 0.421 e. The van der Waals surface area contributed by atoms with Crippen LogP contribution in [0.15, 0.2) is 51.9 Å². The van der Waals surface area contributed by atoms with Crippen molar-refractivity contribution in [3.63, 3.8) is 0 Å². The summed E-state index contributed by atoms with van der Waals surface area (Å²) >= 11 is 3.33. The minimum Gasteiger partial charge on any atom is -0.452 e. The summed E-state index contributed by atoms with van der Waals surface area (Å²) in [4.78, 5) is 29.6. The quantitative estimate of drug-likeness (QED) is 0.759. The van der Waals surface area contributed by atoms with E-state index in [-0.39, 0.29) is 5.71 Å². The molecular formula is C16H10BrFN2O3. The van der Waals surface area contributed by atoms with Crippen LogP contribution in [-0.2, 0) is 9.53 Å². The molecule has 23 heavy (non-hydrogen) atoms. The summed E-state index contributed by atoms with van der Waals surface area (Å²) in [6.45, 7) is 0. The summed E-state index contributed by atoms with van der Waals surface area (Å²) in [6, 6.07) is 10.4. The van der Waals surface area contributed by atoms with Crippen molar-refractivity contribution in [1.82, 2.24) is 0 Å². The first-order valence-corrected chi connectivity index (χ1v) is 7.37. The summed E-state index contributed by atoms with van der Waals surface area (Å²) < 4.78 is 18.4. The van der Waals surface area contributed by atoms with Crippen molar-refractivity contribution in [1.29, 1.82) is 0 Å². The molecule has 0 unspecified atom stereocenters. The van der Waals surface area contributed by atoms with Gasteiger partial charge in [0.1, 0.15) is 11.5 Å². The molecule has 0 spiro atoms. The molecule has 0 N–H and O–H groups in total. The number of hydrogen-bond donors (Lipinski definition) is 0. The van der Waals surface area contributed by atoms with Crippen molar-refractivity contribution in [2.24, 2.45) is 4.99 Å². The number of fused-ring (bicyclic) bond motifs is 1. The van der Waals surface area contributed by atoms with Crippen molar-refractivity contribution in [2.45, 2.75) is 0 Å². The molecule has 5 nitrogen and oxygen atoms in total. The molecule has 2 aromatic rings. The van der Waals surface area contributed by atoms with Crippen LogP contribution in [0, 0.1) is 5.82 Å². The van der Waals surface area contributed by atoms with Crippen LogP contribution in [0.4, 0.5) is 20.6 Å². The maximum Gasteiger partial charge on any atom is 0.421 e. The zero-order valence-corrected chi connectivity index (χ0v) is 13.5. The molecule has 116 valence electrons.